The number of amides is 1. The highest BCUT2D eigenvalue weighted by molar-refractivity contribution is 6.36. The highest BCUT2D eigenvalue weighted by Gasteiger charge is 2.45. The molecule has 2 fully saturated rings. The zero-order chi connectivity index (χ0) is 15.7. The second kappa shape index (κ2) is 5.98. The summed E-state index contributed by atoms with van der Waals surface area (Å²) in [6, 6.07) is 7.68. The molecule has 1 saturated carbocycles. The minimum absolute atomic E-state index is 0.0602. The molecule has 1 aliphatic carbocycles. The molecule has 0 spiro atoms. The predicted octanol–water partition coefficient (Wildman–Crippen LogP) is 3.38. The highest BCUT2D eigenvalue weighted by atomic mass is 35.5. The number of anilines is 1. The first kappa shape index (κ1) is 15.5. The molecule has 3 rings (SSSR count). The van der Waals surface area contributed by atoms with Gasteiger partial charge in [-0.15, -0.1) is 0 Å². The number of carbonyl (C=O) groups is 1. The molecule has 1 N–H and O–H groups in total. The van der Waals surface area contributed by atoms with Crippen molar-refractivity contribution in [2.45, 2.75) is 31.7 Å². The summed E-state index contributed by atoms with van der Waals surface area (Å²) >= 11 is 12.2. The molecule has 0 bridgehead atoms. The maximum absolute atomic E-state index is 12.3. The number of benzene rings is 1. The molecule has 1 aromatic carbocycles. The van der Waals surface area contributed by atoms with Crippen LogP contribution in [0.1, 0.15) is 25.7 Å². The van der Waals surface area contributed by atoms with Crippen LogP contribution in [0.4, 0.5) is 5.69 Å². The number of hydrogen-bond donors (Lipinski definition) is 1. The van der Waals surface area contributed by atoms with Crippen LogP contribution in [0.3, 0.4) is 0 Å². The van der Waals surface area contributed by atoms with E-state index in [0.29, 0.717) is 29.4 Å². The Morgan fingerprint density at radius 3 is 2.77 bits per heavy atom. The van der Waals surface area contributed by atoms with Crippen molar-refractivity contribution in [2.24, 2.45) is 5.41 Å². The van der Waals surface area contributed by atoms with Gasteiger partial charge in [0.2, 0.25) is 5.91 Å². The van der Waals surface area contributed by atoms with Crippen molar-refractivity contribution in [1.29, 1.82) is 5.26 Å². The Bertz CT molecular complexity index is 637. The molecular weight excluding hydrogens is 321 g/mol. The summed E-state index contributed by atoms with van der Waals surface area (Å²) in [5.74, 6) is -0.115. The van der Waals surface area contributed by atoms with Crippen LogP contribution in [0.2, 0.25) is 10.0 Å². The lowest BCUT2D eigenvalue weighted by Crippen LogP contribution is -2.49. The quantitative estimate of drug-likeness (QED) is 0.919. The van der Waals surface area contributed by atoms with Gasteiger partial charge >= 0.3 is 0 Å². The third-order valence-electron chi connectivity index (χ3n) is 4.63. The molecule has 22 heavy (non-hydrogen) atoms. The van der Waals surface area contributed by atoms with E-state index in [0.717, 1.165) is 25.1 Å². The van der Waals surface area contributed by atoms with Crippen molar-refractivity contribution in [3.63, 3.8) is 0 Å². The number of rotatable bonds is 3. The van der Waals surface area contributed by atoms with Gasteiger partial charge < -0.3 is 10.2 Å². The molecule has 1 aromatic rings. The van der Waals surface area contributed by atoms with E-state index in [4.69, 9.17) is 23.2 Å². The third-order valence-corrected chi connectivity index (χ3v) is 5.17. The van der Waals surface area contributed by atoms with E-state index in [1.807, 2.05) is 12.1 Å². The van der Waals surface area contributed by atoms with Crippen LogP contribution in [0.25, 0.3) is 0 Å². The highest BCUT2D eigenvalue weighted by Crippen LogP contribution is 2.40. The van der Waals surface area contributed by atoms with Gasteiger partial charge in [-0.05, 0) is 43.9 Å². The second-order valence-electron chi connectivity index (χ2n) is 6.05. The molecule has 0 aromatic heterocycles. The molecule has 4 nitrogen and oxygen atoms in total. The number of halogens is 2. The Morgan fingerprint density at radius 2 is 2.18 bits per heavy atom. The summed E-state index contributed by atoms with van der Waals surface area (Å²) in [5.41, 5.74) is 0.146. The number of nitrogens with one attached hydrogen (secondary N) is 1. The molecule has 1 aliphatic heterocycles. The lowest BCUT2D eigenvalue weighted by atomic mass is 9.69. The van der Waals surface area contributed by atoms with Crippen molar-refractivity contribution in [2.75, 3.05) is 18.0 Å². The SMILES string of the molecule is N#CC1(C(=O)NC2CCN(c3ccc(Cl)cc3Cl)C2)CCC1. The van der Waals surface area contributed by atoms with Gasteiger partial charge in [0, 0.05) is 24.2 Å². The normalized spacial score (nSPS) is 22.8. The lowest BCUT2D eigenvalue weighted by Gasteiger charge is -2.34. The zero-order valence-corrected chi connectivity index (χ0v) is 13.6. The minimum atomic E-state index is -0.786. The number of carbonyl (C=O) groups excluding carboxylic acids is 1. The van der Waals surface area contributed by atoms with Gasteiger partial charge in [-0.3, -0.25) is 4.79 Å². The summed E-state index contributed by atoms with van der Waals surface area (Å²) < 4.78 is 0. The topological polar surface area (TPSA) is 56.1 Å². The summed E-state index contributed by atoms with van der Waals surface area (Å²) in [4.78, 5) is 14.4. The van der Waals surface area contributed by atoms with Crippen LogP contribution in [-0.2, 0) is 4.79 Å². The van der Waals surface area contributed by atoms with E-state index in [-0.39, 0.29) is 11.9 Å². The zero-order valence-electron chi connectivity index (χ0n) is 12.1. The molecule has 1 heterocycles. The van der Waals surface area contributed by atoms with Gasteiger partial charge in [-0.2, -0.15) is 5.26 Å². The van der Waals surface area contributed by atoms with E-state index < -0.39 is 5.41 Å². The number of nitriles is 1. The van der Waals surface area contributed by atoms with Crippen molar-refractivity contribution in [3.05, 3.63) is 28.2 Å². The van der Waals surface area contributed by atoms with E-state index in [1.54, 1.807) is 6.07 Å². The third kappa shape index (κ3) is 2.76. The standard InChI is InChI=1S/C16H17Cl2N3O/c17-11-2-3-14(13(18)8-11)21-7-4-12(9-21)20-15(22)16(10-19)5-1-6-16/h2-3,8,12H,1,4-7,9H2,(H,20,22). The monoisotopic (exact) mass is 337 g/mol. The Labute approximate surface area is 140 Å². The van der Waals surface area contributed by atoms with Crippen molar-refractivity contribution in [1.82, 2.24) is 5.32 Å². The summed E-state index contributed by atoms with van der Waals surface area (Å²) in [6.07, 6.45) is 3.16. The van der Waals surface area contributed by atoms with Crippen LogP contribution in [-0.4, -0.2) is 25.0 Å². The summed E-state index contributed by atoms with van der Waals surface area (Å²) in [5, 5.41) is 13.5. The molecule has 1 amide bonds. The van der Waals surface area contributed by atoms with Crippen molar-refractivity contribution >= 4 is 34.8 Å². The first-order chi connectivity index (χ1) is 10.5. The van der Waals surface area contributed by atoms with Crippen LogP contribution < -0.4 is 10.2 Å². The average molecular weight is 338 g/mol. The smallest absolute Gasteiger partial charge is 0.240 e. The fourth-order valence-corrected chi connectivity index (χ4v) is 3.61. The van der Waals surface area contributed by atoms with Gasteiger partial charge in [0.1, 0.15) is 5.41 Å². The van der Waals surface area contributed by atoms with Gasteiger partial charge in [-0.25, -0.2) is 0 Å². The van der Waals surface area contributed by atoms with Crippen LogP contribution in [0.15, 0.2) is 18.2 Å². The Morgan fingerprint density at radius 1 is 1.41 bits per heavy atom. The fraction of sp³-hybridized carbons (Fsp3) is 0.500. The van der Waals surface area contributed by atoms with E-state index in [9.17, 15) is 10.1 Å². The predicted molar refractivity (Wildman–Crippen MR) is 87.1 cm³/mol. The summed E-state index contributed by atoms with van der Waals surface area (Å²) in [6.45, 7) is 1.53. The van der Waals surface area contributed by atoms with Crippen molar-refractivity contribution in [3.8, 4) is 6.07 Å². The maximum atomic E-state index is 12.3. The molecular formula is C16H17Cl2N3O. The molecule has 1 saturated heterocycles. The van der Waals surface area contributed by atoms with Gasteiger partial charge in [0.15, 0.2) is 0 Å². The second-order valence-corrected chi connectivity index (χ2v) is 6.89. The molecule has 1 atom stereocenters. The molecule has 6 heteroatoms. The van der Waals surface area contributed by atoms with Crippen LogP contribution in [0, 0.1) is 16.7 Å². The molecule has 116 valence electrons. The minimum Gasteiger partial charge on any atom is -0.368 e. The van der Waals surface area contributed by atoms with Gasteiger partial charge in [-0.1, -0.05) is 23.2 Å². The molecule has 1 unspecified atom stereocenters. The van der Waals surface area contributed by atoms with Crippen LogP contribution >= 0.6 is 23.2 Å². The van der Waals surface area contributed by atoms with Crippen molar-refractivity contribution < 1.29 is 4.79 Å². The summed E-state index contributed by atoms with van der Waals surface area (Å²) in [7, 11) is 0. The van der Waals surface area contributed by atoms with E-state index in [1.165, 1.54) is 0 Å². The lowest BCUT2D eigenvalue weighted by molar-refractivity contribution is -0.132. The first-order valence-corrected chi connectivity index (χ1v) is 8.22. The first-order valence-electron chi connectivity index (χ1n) is 7.46. The number of hydrogen-bond acceptors (Lipinski definition) is 3. The van der Waals surface area contributed by atoms with Gasteiger partial charge in [0.25, 0.3) is 0 Å². The Hall–Kier alpha value is -1.44. The molecule has 2 aliphatic rings. The molecule has 0 radical (unpaired) electrons. The fourth-order valence-electron chi connectivity index (χ4n) is 3.08. The Balaban J connectivity index is 1.63. The van der Waals surface area contributed by atoms with E-state index in [2.05, 4.69) is 16.3 Å². The van der Waals surface area contributed by atoms with E-state index >= 15 is 0 Å². The maximum Gasteiger partial charge on any atom is 0.240 e. The number of nitrogens with zero attached hydrogens (tertiary/aromatic N) is 2. The Kier molecular flexibility index (Phi) is 4.20. The average Bonchev–Trinajstić information content (AvgIpc) is 2.86. The van der Waals surface area contributed by atoms with Gasteiger partial charge in [0.05, 0.1) is 16.8 Å². The largest absolute Gasteiger partial charge is 0.368 e. The van der Waals surface area contributed by atoms with Crippen LogP contribution in [0.5, 0.6) is 0 Å².